The van der Waals surface area contributed by atoms with Crippen molar-refractivity contribution in [2.75, 3.05) is 26.7 Å². The van der Waals surface area contributed by atoms with Crippen LogP contribution in [0.5, 0.6) is 0 Å². The lowest BCUT2D eigenvalue weighted by Crippen LogP contribution is -2.30. The highest BCUT2D eigenvalue weighted by atomic mass is 15.1. The quantitative estimate of drug-likeness (QED) is 0.733. The molecule has 2 atom stereocenters. The maximum atomic E-state index is 3.64. The molecule has 0 bridgehead atoms. The molecule has 0 aliphatic rings. The van der Waals surface area contributed by atoms with Crippen molar-refractivity contribution in [2.24, 2.45) is 5.92 Å². The van der Waals surface area contributed by atoms with Gasteiger partial charge in [0.2, 0.25) is 0 Å². The first kappa shape index (κ1) is 17.2. The minimum Gasteiger partial charge on any atom is -0.310 e. The Labute approximate surface area is 125 Å². The van der Waals surface area contributed by atoms with Gasteiger partial charge in [0.1, 0.15) is 0 Å². The van der Waals surface area contributed by atoms with Crippen LogP contribution in [0.3, 0.4) is 0 Å². The minimum absolute atomic E-state index is 0.473. The van der Waals surface area contributed by atoms with Crippen LogP contribution in [0.4, 0.5) is 0 Å². The molecular formula is C18H32N2. The SMILES string of the molecule is CCNC(CCN(C)CC(C)CC)c1ccccc1C. The topological polar surface area (TPSA) is 15.3 Å². The van der Waals surface area contributed by atoms with Gasteiger partial charge < -0.3 is 10.2 Å². The molecule has 0 heterocycles. The van der Waals surface area contributed by atoms with Crippen LogP contribution in [0.25, 0.3) is 0 Å². The molecule has 1 aromatic carbocycles. The molecule has 0 aromatic heterocycles. The van der Waals surface area contributed by atoms with Gasteiger partial charge in [0.15, 0.2) is 0 Å². The number of rotatable bonds is 9. The lowest BCUT2D eigenvalue weighted by atomic mass is 9.98. The smallest absolute Gasteiger partial charge is 0.0334 e. The van der Waals surface area contributed by atoms with Crippen molar-refractivity contribution < 1.29 is 0 Å². The predicted octanol–water partition coefficient (Wildman–Crippen LogP) is 4.01. The molecule has 0 aliphatic heterocycles. The fourth-order valence-electron chi connectivity index (χ4n) is 2.69. The van der Waals surface area contributed by atoms with E-state index < -0.39 is 0 Å². The third-order valence-corrected chi connectivity index (χ3v) is 4.13. The summed E-state index contributed by atoms with van der Waals surface area (Å²) < 4.78 is 0. The van der Waals surface area contributed by atoms with Crippen LogP contribution >= 0.6 is 0 Å². The molecule has 0 saturated carbocycles. The van der Waals surface area contributed by atoms with Gasteiger partial charge in [0, 0.05) is 12.6 Å². The van der Waals surface area contributed by atoms with Gasteiger partial charge in [0.25, 0.3) is 0 Å². The number of benzene rings is 1. The average Bonchev–Trinajstić information content (AvgIpc) is 2.44. The van der Waals surface area contributed by atoms with Gasteiger partial charge in [-0.25, -0.2) is 0 Å². The largest absolute Gasteiger partial charge is 0.310 e. The molecular weight excluding hydrogens is 244 g/mol. The average molecular weight is 276 g/mol. The van der Waals surface area contributed by atoms with E-state index in [0.29, 0.717) is 6.04 Å². The van der Waals surface area contributed by atoms with Crippen LogP contribution in [-0.4, -0.2) is 31.6 Å². The molecule has 0 aliphatic carbocycles. The van der Waals surface area contributed by atoms with Crippen molar-refractivity contribution in [1.82, 2.24) is 10.2 Å². The fraction of sp³-hybridized carbons (Fsp3) is 0.667. The monoisotopic (exact) mass is 276 g/mol. The van der Waals surface area contributed by atoms with Crippen LogP contribution in [0.15, 0.2) is 24.3 Å². The van der Waals surface area contributed by atoms with Gasteiger partial charge in [-0.05, 0) is 50.5 Å². The zero-order valence-electron chi connectivity index (χ0n) is 13.9. The molecule has 1 rings (SSSR count). The van der Waals surface area contributed by atoms with E-state index in [4.69, 9.17) is 0 Å². The van der Waals surface area contributed by atoms with Crippen LogP contribution < -0.4 is 5.32 Å². The summed E-state index contributed by atoms with van der Waals surface area (Å²) >= 11 is 0. The third kappa shape index (κ3) is 5.64. The van der Waals surface area contributed by atoms with Crippen LogP contribution in [0, 0.1) is 12.8 Å². The second-order valence-electron chi connectivity index (χ2n) is 6.03. The second-order valence-corrected chi connectivity index (χ2v) is 6.03. The Morgan fingerprint density at radius 2 is 1.90 bits per heavy atom. The highest BCUT2D eigenvalue weighted by molar-refractivity contribution is 5.28. The molecule has 114 valence electrons. The second kappa shape index (κ2) is 9.15. The van der Waals surface area contributed by atoms with Gasteiger partial charge in [0.05, 0.1) is 0 Å². The predicted molar refractivity (Wildman–Crippen MR) is 89.2 cm³/mol. The van der Waals surface area contributed by atoms with E-state index in [0.717, 1.165) is 19.0 Å². The molecule has 2 unspecified atom stereocenters. The van der Waals surface area contributed by atoms with Crippen molar-refractivity contribution in [3.8, 4) is 0 Å². The Kier molecular flexibility index (Phi) is 7.86. The Bertz CT molecular complexity index is 375. The standard InChI is InChI=1S/C18H32N2/c1-6-15(3)14-20(5)13-12-18(19-7-2)17-11-9-8-10-16(17)4/h8-11,15,18-19H,6-7,12-14H2,1-5H3. The minimum atomic E-state index is 0.473. The summed E-state index contributed by atoms with van der Waals surface area (Å²) in [6, 6.07) is 9.22. The van der Waals surface area contributed by atoms with Crippen molar-refractivity contribution in [2.45, 2.75) is 46.6 Å². The van der Waals surface area contributed by atoms with Gasteiger partial charge in [-0.1, -0.05) is 51.5 Å². The maximum Gasteiger partial charge on any atom is 0.0334 e. The van der Waals surface area contributed by atoms with Gasteiger partial charge in [-0.2, -0.15) is 0 Å². The summed E-state index contributed by atoms with van der Waals surface area (Å²) in [5, 5.41) is 3.64. The summed E-state index contributed by atoms with van der Waals surface area (Å²) in [4.78, 5) is 2.47. The van der Waals surface area contributed by atoms with Crippen molar-refractivity contribution in [3.63, 3.8) is 0 Å². The lowest BCUT2D eigenvalue weighted by molar-refractivity contribution is 0.266. The summed E-state index contributed by atoms with van der Waals surface area (Å²) in [6.07, 6.45) is 2.43. The van der Waals surface area contributed by atoms with Crippen molar-refractivity contribution in [1.29, 1.82) is 0 Å². The first-order valence-electron chi connectivity index (χ1n) is 8.05. The summed E-state index contributed by atoms with van der Waals surface area (Å²) in [6.45, 7) is 12.4. The highest BCUT2D eigenvalue weighted by Gasteiger charge is 2.13. The number of aryl methyl sites for hydroxylation is 1. The third-order valence-electron chi connectivity index (χ3n) is 4.13. The first-order chi connectivity index (χ1) is 9.58. The molecule has 0 saturated heterocycles. The van der Waals surface area contributed by atoms with Crippen LogP contribution in [-0.2, 0) is 0 Å². The lowest BCUT2D eigenvalue weighted by Gasteiger charge is -2.25. The highest BCUT2D eigenvalue weighted by Crippen LogP contribution is 2.21. The number of nitrogens with zero attached hydrogens (tertiary/aromatic N) is 1. The van der Waals surface area contributed by atoms with E-state index in [1.165, 1.54) is 30.5 Å². The molecule has 2 nitrogen and oxygen atoms in total. The maximum absolute atomic E-state index is 3.64. The fourth-order valence-corrected chi connectivity index (χ4v) is 2.69. The molecule has 0 radical (unpaired) electrons. The normalized spacial score (nSPS) is 14.5. The Balaban J connectivity index is 2.58. The van der Waals surface area contributed by atoms with E-state index in [-0.39, 0.29) is 0 Å². The van der Waals surface area contributed by atoms with E-state index in [2.05, 4.69) is 69.2 Å². The molecule has 1 aromatic rings. The van der Waals surface area contributed by atoms with E-state index in [1.807, 2.05) is 0 Å². The zero-order chi connectivity index (χ0) is 15.0. The number of nitrogens with one attached hydrogen (secondary N) is 1. The molecule has 0 amide bonds. The summed E-state index contributed by atoms with van der Waals surface area (Å²) in [5.41, 5.74) is 2.84. The molecule has 1 N–H and O–H groups in total. The van der Waals surface area contributed by atoms with Crippen molar-refractivity contribution >= 4 is 0 Å². The molecule has 0 spiro atoms. The summed E-state index contributed by atoms with van der Waals surface area (Å²) in [7, 11) is 2.24. The van der Waals surface area contributed by atoms with Gasteiger partial charge in [-0.15, -0.1) is 0 Å². The van der Waals surface area contributed by atoms with Gasteiger partial charge >= 0.3 is 0 Å². The van der Waals surface area contributed by atoms with Crippen LogP contribution in [0.2, 0.25) is 0 Å². The zero-order valence-corrected chi connectivity index (χ0v) is 13.9. The van der Waals surface area contributed by atoms with E-state index in [1.54, 1.807) is 0 Å². The van der Waals surface area contributed by atoms with E-state index in [9.17, 15) is 0 Å². The van der Waals surface area contributed by atoms with Crippen molar-refractivity contribution in [3.05, 3.63) is 35.4 Å². The van der Waals surface area contributed by atoms with Crippen LogP contribution in [0.1, 0.15) is 50.8 Å². The first-order valence-corrected chi connectivity index (χ1v) is 8.05. The van der Waals surface area contributed by atoms with Gasteiger partial charge in [-0.3, -0.25) is 0 Å². The number of hydrogen-bond acceptors (Lipinski definition) is 2. The Morgan fingerprint density at radius 1 is 1.20 bits per heavy atom. The number of hydrogen-bond donors (Lipinski definition) is 1. The summed E-state index contributed by atoms with van der Waals surface area (Å²) in [5.74, 6) is 0.788. The Hall–Kier alpha value is -0.860. The Morgan fingerprint density at radius 3 is 2.50 bits per heavy atom. The molecule has 2 heteroatoms. The molecule has 20 heavy (non-hydrogen) atoms. The van der Waals surface area contributed by atoms with E-state index >= 15 is 0 Å². The molecule has 0 fully saturated rings.